The van der Waals surface area contributed by atoms with Crippen molar-refractivity contribution in [1.29, 1.82) is 0 Å². The Bertz CT molecular complexity index is 716. The number of rotatable bonds is 8. The van der Waals surface area contributed by atoms with Gasteiger partial charge in [0.2, 0.25) is 5.91 Å². The largest absolute Gasteiger partial charge is 0.464 e. The normalized spacial score (nSPS) is 14.8. The zero-order valence-corrected chi connectivity index (χ0v) is 16.7. The van der Waals surface area contributed by atoms with Crippen LogP contribution in [0.3, 0.4) is 0 Å². The van der Waals surface area contributed by atoms with Gasteiger partial charge < -0.3 is 14.2 Å². The van der Waals surface area contributed by atoms with Crippen LogP contribution in [-0.4, -0.2) is 46.8 Å². The van der Waals surface area contributed by atoms with Gasteiger partial charge >= 0.3 is 5.97 Å². The Morgan fingerprint density at radius 1 is 1.23 bits per heavy atom. The van der Waals surface area contributed by atoms with Crippen LogP contribution in [0, 0.1) is 19.8 Å². The molecular formula is C20H30N2O4. The molecule has 1 aliphatic rings. The molecule has 6 heteroatoms. The number of aromatic nitrogens is 1. The van der Waals surface area contributed by atoms with Crippen LogP contribution in [0.1, 0.15) is 72.1 Å². The van der Waals surface area contributed by atoms with E-state index in [2.05, 4.69) is 0 Å². The molecule has 1 aromatic heterocycles. The van der Waals surface area contributed by atoms with E-state index in [1.54, 1.807) is 18.7 Å². The summed E-state index contributed by atoms with van der Waals surface area (Å²) in [5.74, 6) is -0.408. The molecule has 1 amide bonds. The summed E-state index contributed by atoms with van der Waals surface area (Å²) in [5, 5.41) is 0. The first-order chi connectivity index (χ1) is 12.3. The van der Waals surface area contributed by atoms with E-state index >= 15 is 0 Å². The number of ether oxygens (including phenoxy) is 1. The van der Waals surface area contributed by atoms with E-state index in [9.17, 15) is 14.4 Å². The molecule has 0 bridgehead atoms. The Labute approximate surface area is 155 Å². The number of Topliss-reactive ketones (excluding diaryl/α,β-unsaturated/α-hetero) is 1. The van der Waals surface area contributed by atoms with Crippen LogP contribution in [0.25, 0.3) is 0 Å². The molecule has 1 atom stereocenters. The van der Waals surface area contributed by atoms with Gasteiger partial charge in [-0.1, -0.05) is 6.92 Å². The van der Waals surface area contributed by atoms with Crippen molar-refractivity contribution < 1.29 is 19.1 Å². The molecule has 0 spiro atoms. The number of methoxy groups -OCH3 is 1. The fourth-order valence-electron chi connectivity index (χ4n) is 3.66. The van der Waals surface area contributed by atoms with Crippen molar-refractivity contribution in [3.05, 3.63) is 22.5 Å². The third-order valence-corrected chi connectivity index (χ3v) is 5.23. The molecular weight excluding hydrogens is 332 g/mol. The van der Waals surface area contributed by atoms with Crippen LogP contribution in [0.5, 0.6) is 0 Å². The van der Waals surface area contributed by atoms with Crippen molar-refractivity contribution in [2.45, 2.75) is 66.5 Å². The number of hydrogen-bond acceptors (Lipinski definition) is 4. The summed E-state index contributed by atoms with van der Waals surface area (Å²) in [6.07, 6.45) is 2.63. The lowest BCUT2D eigenvalue weighted by Gasteiger charge is -2.28. The smallest absolute Gasteiger partial charge is 0.354 e. The van der Waals surface area contributed by atoms with E-state index in [0.717, 1.165) is 25.0 Å². The summed E-state index contributed by atoms with van der Waals surface area (Å²) in [6.45, 7) is 10.5. The van der Waals surface area contributed by atoms with Gasteiger partial charge in [-0.05, 0) is 52.5 Å². The average molecular weight is 362 g/mol. The molecule has 1 saturated carbocycles. The minimum absolute atomic E-state index is 0.0739. The fourth-order valence-corrected chi connectivity index (χ4v) is 3.66. The van der Waals surface area contributed by atoms with Crippen LogP contribution >= 0.6 is 0 Å². The van der Waals surface area contributed by atoms with E-state index in [1.807, 2.05) is 25.3 Å². The van der Waals surface area contributed by atoms with Crippen molar-refractivity contribution in [3.8, 4) is 0 Å². The monoisotopic (exact) mass is 362 g/mol. The molecule has 6 nitrogen and oxygen atoms in total. The predicted octanol–water partition coefficient (Wildman–Crippen LogP) is 3.13. The highest BCUT2D eigenvalue weighted by atomic mass is 16.5. The SMILES string of the molecule is CCCN(C(=O)C1CC1)C(C)C(=O)c1c(C)c(C(=O)OC)n(CC)c1C. The summed E-state index contributed by atoms with van der Waals surface area (Å²) in [7, 11) is 1.34. The molecule has 0 aromatic carbocycles. The standard InChI is InChI=1S/C20H30N2O4/c1-7-11-22(19(24)15-9-10-15)14(5)18(23)16-12(3)17(20(25)26-6)21(8-2)13(16)4/h14-15H,7-11H2,1-6H3. The van der Waals surface area contributed by atoms with Gasteiger partial charge in [0.1, 0.15) is 5.69 Å². The van der Waals surface area contributed by atoms with Crippen LogP contribution in [0.15, 0.2) is 0 Å². The topological polar surface area (TPSA) is 68.6 Å². The molecule has 0 N–H and O–H groups in total. The summed E-state index contributed by atoms with van der Waals surface area (Å²) >= 11 is 0. The van der Waals surface area contributed by atoms with Gasteiger partial charge in [-0.15, -0.1) is 0 Å². The maximum absolute atomic E-state index is 13.3. The molecule has 1 unspecified atom stereocenters. The van der Waals surface area contributed by atoms with Crippen molar-refractivity contribution in [2.24, 2.45) is 5.92 Å². The van der Waals surface area contributed by atoms with Crippen LogP contribution in [0.4, 0.5) is 0 Å². The number of carbonyl (C=O) groups is 3. The lowest BCUT2D eigenvalue weighted by molar-refractivity contribution is -0.133. The van der Waals surface area contributed by atoms with Crippen LogP contribution in [0.2, 0.25) is 0 Å². The van der Waals surface area contributed by atoms with E-state index < -0.39 is 12.0 Å². The number of hydrogen-bond donors (Lipinski definition) is 0. The molecule has 0 saturated heterocycles. The average Bonchev–Trinajstić information content (AvgIpc) is 3.43. The summed E-state index contributed by atoms with van der Waals surface area (Å²) < 4.78 is 6.71. The molecule has 1 fully saturated rings. The second kappa shape index (κ2) is 8.06. The minimum atomic E-state index is -0.543. The first-order valence-corrected chi connectivity index (χ1v) is 9.42. The first kappa shape index (κ1) is 20.2. The zero-order valence-electron chi connectivity index (χ0n) is 16.7. The number of amides is 1. The second-order valence-corrected chi connectivity index (χ2v) is 7.02. The number of nitrogens with zero attached hydrogens (tertiary/aromatic N) is 2. The number of ketones is 1. The van der Waals surface area contributed by atoms with Crippen molar-refractivity contribution in [1.82, 2.24) is 9.47 Å². The van der Waals surface area contributed by atoms with Gasteiger partial charge in [0, 0.05) is 30.3 Å². The molecule has 2 rings (SSSR count). The molecule has 1 aliphatic carbocycles. The molecule has 1 heterocycles. The Balaban J connectivity index is 2.42. The van der Waals surface area contributed by atoms with Gasteiger partial charge in [0.05, 0.1) is 13.2 Å². The summed E-state index contributed by atoms with van der Waals surface area (Å²) in [6, 6.07) is -0.543. The molecule has 144 valence electrons. The maximum Gasteiger partial charge on any atom is 0.354 e. The highest BCUT2D eigenvalue weighted by Gasteiger charge is 2.38. The van der Waals surface area contributed by atoms with Crippen molar-refractivity contribution in [2.75, 3.05) is 13.7 Å². The summed E-state index contributed by atoms with van der Waals surface area (Å²) in [5.41, 5.74) is 2.32. The third-order valence-electron chi connectivity index (χ3n) is 5.23. The molecule has 0 aliphatic heterocycles. The molecule has 1 aromatic rings. The minimum Gasteiger partial charge on any atom is -0.464 e. The van der Waals surface area contributed by atoms with E-state index in [0.29, 0.717) is 29.9 Å². The lowest BCUT2D eigenvalue weighted by atomic mass is 9.99. The Morgan fingerprint density at radius 2 is 1.85 bits per heavy atom. The zero-order chi connectivity index (χ0) is 19.6. The molecule has 26 heavy (non-hydrogen) atoms. The van der Waals surface area contributed by atoms with E-state index in [4.69, 9.17) is 4.74 Å². The first-order valence-electron chi connectivity index (χ1n) is 9.42. The van der Waals surface area contributed by atoms with Gasteiger partial charge in [-0.2, -0.15) is 0 Å². The quantitative estimate of drug-likeness (QED) is 0.526. The highest BCUT2D eigenvalue weighted by Crippen LogP contribution is 2.33. The second-order valence-electron chi connectivity index (χ2n) is 7.02. The van der Waals surface area contributed by atoms with E-state index in [1.165, 1.54) is 7.11 Å². The lowest BCUT2D eigenvalue weighted by Crippen LogP contribution is -2.44. The third kappa shape index (κ3) is 3.55. The van der Waals surface area contributed by atoms with E-state index in [-0.39, 0.29) is 17.6 Å². The van der Waals surface area contributed by atoms with Gasteiger partial charge in [-0.3, -0.25) is 9.59 Å². The predicted molar refractivity (Wildman–Crippen MR) is 99.4 cm³/mol. The maximum atomic E-state index is 13.3. The van der Waals surface area contributed by atoms with Crippen molar-refractivity contribution >= 4 is 17.7 Å². The highest BCUT2D eigenvalue weighted by molar-refractivity contribution is 6.06. The van der Waals surface area contributed by atoms with Crippen LogP contribution < -0.4 is 0 Å². The fraction of sp³-hybridized carbons (Fsp3) is 0.650. The number of esters is 1. The van der Waals surface area contributed by atoms with Gasteiger partial charge in [0.25, 0.3) is 0 Å². The summed E-state index contributed by atoms with van der Waals surface area (Å²) in [4.78, 5) is 39.8. The van der Waals surface area contributed by atoms with Gasteiger partial charge in [-0.25, -0.2) is 4.79 Å². The van der Waals surface area contributed by atoms with Gasteiger partial charge in [0.15, 0.2) is 5.78 Å². The Morgan fingerprint density at radius 3 is 2.31 bits per heavy atom. The number of carbonyl (C=O) groups excluding carboxylic acids is 3. The van der Waals surface area contributed by atoms with Crippen LogP contribution in [-0.2, 0) is 16.1 Å². The Kier molecular flexibility index (Phi) is 6.26. The van der Waals surface area contributed by atoms with Crippen molar-refractivity contribution in [3.63, 3.8) is 0 Å². The Hall–Kier alpha value is -2.11. The molecule has 0 radical (unpaired) electrons.